The monoisotopic (exact) mass is 459 g/mol. The summed E-state index contributed by atoms with van der Waals surface area (Å²) in [6.45, 7) is 8.11. The molecule has 168 valence electrons. The van der Waals surface area contributed by atoms with Crippen molar-refractivity contribution in [3.63, 3.8) is 0 Å². The molecule has 2 heterocycles. The lowest BCUT2D eigenvalue weighted by Gasteiger charge is -2.30. The maximum atomic E-state index is 13.2. The van der Waals surface area contributed by atoms with Crippen molar-refractivity contribution in [1.29, 1.82) is 0 Å². The van der Waals surface area contributed by atoms with Gasteiger partial charge in [-0.25, -0.2) is 0 Å². The molecule has 0 amide bonds. The fourth-order valence-corrected chi connectivity index (χ4v) is 4.48. The third-order valence-electron chi connectivity index (χ3n) is 6.21. The van der Waals surface area contributed by atoms with Crippen molar-refractivity contribution in [2.24, 2.45) is 0 Å². The van der Waals surface area contributed by atoms with E-state index in [4.69, 9.17) is 21.1 Å². The number of rotatable bonds is 4. The topological polar surface area (TPSA) is 38.8 Å². The van der Waals surface area contributed by atoms with E-state index in [-0.39, 0.29) is 5.78 Å². The molecule has 2 aliphatic rings. The van der Waals surface area contributed by atoms with Gasteiger partial charge in [0.15, 0.2) is 5.76 Å². The highest BCUT2D eigenvalue weighted by Crippen LogP contribution is 2.44. The largest absolute Gasteiger partial charge is 0.478 e. The Morgan fingerprint density at radius 1 is 1.09 bits per heavy atom. The Balaban J connectivity index is 1.42. The molecule has 5 heteroatoms. The van der Waals surface area contributed by atoms with Gasteiger partial charge in [-0.2, -0.15) is 0 Å². The van der Waals surface area contributed by atoms with E-state index < -0.39 is 0 Å². The molecule has 33 heavy (non-hydrogen) atoms. The van der Waals surface area contributed by atoms with Crippen LogP contribution in [0.3, 0.4) is 0 Å². The Morgan fingerprint density at radius 3 is 2.52 bits per heavy atom. The Hall–Kier alpha value is -3.08. The minimum absolute atomic E-state index is 0.0759. The van der Waals surface area contributed by atoms with Crippen molar-refractivity contribution in [1.82, 2.24) is 4.90 Å². The molecule has 0 radical (unpaired) electrons. The third-order valence-corrected chi connectivity index (χ3v) is 6.46. The van der Waals surface area contributed by atoms with E-state index in [0.717, 1.165) is 39.6 Å². The van der Waals surface area contributed by atoms with Gasteiger partial charge in [-0.05, 0) is 59.4 Å². The van der Waals surface area contributed by atoms with Gasteiger partial charge in [0.05, 0.1) is 11.1 Å². The van der Waals surface area contributed by atoms with E-state index >= 15 is 0 Å². The quantitative estimate of drug-likeness (QED) is 0.405. The van der Waals surface area contributed by atoms with Crippen LogP contribution in [-0.4, -0.2) is 17.4 Å². The zero-order chi connectivity index (χ0) is 23.1. The molecule has 0 bridgehead atoms. The first-order valence-electron chi connectivity index (χ1n) is 11.2. The molecule has 0 fully saturated rings. The SMILES string of the molecule is Cc1cc2c(c3c1C(=O)/C(=C/c1ccc(C(C)C)cc1)O3)CN(Cc1ccc(Cl)cc1)CO2. The molecule has 0 N–H and O–H groups in total. The van der Waals surface area contributed by atoms with Crippen LogP contribution in [0.2, 0.25) is 5.02 Å². The first kappa shape index (κ1) is 21.7. The van der Waals surface area contributed by atoms with Crippen LogP contribution in [0, 0.1) is 6.92 Å². The van der Waals surface area contributed by atoms with Gasteiger partial charge in [0.2, 0.25) is 5.78 Å². The van der Waals surface area contributed by atoms with Gasteiger partial charge in [0, 0.05) is 18.1 Å². The van der Waals surface area contributed by atoms with Gasteiger partial charge < -0.3 is 9.47 Å². The summed E-state index contributed by atoms with van der Waals surface area (Å²) in [5.41, 5.74) is 5.79. The normalized spacial score (nSPS) is 16.5. The van der Waals surface area contributed by atoms with Crippen molar-refractivity contribution >= 4 is 23.5 Å². The second kappa shape index (κ2) is 8.69. The van der Waals surface area contributed by atoms with E-state index in [1.807, 2.05) is 55.5 Å². The number of hydrogen-bond donors (Lipinski definition) is 0. The predicted octanol–water partition coefficient (Wildman–Crippen LogP) is 6.74. The number of nitrogens with zero attached hydrogens (tertiary/aromatic N) is 1. The molecular formula is C28H26ClNO3. The number of Topliss-reactive ketones (excluding diaryl/α,β-unsaturated/α-hetero) is 1. The lowest BCUT2D eigenvalue weighted by molar-refractivity contribution is 0.0872. The van der Waals surface area contributed by atoms with Crippen molar-refractivity contribution < 1.29 is 14.3 Å². The highest BCUT2D eigenvalue weighted by molar-refractivity contribution is 6.30. The van der Waals surface area contributed by atoms with Crippen LogP contribution in [-0.2, 0) is 13.1 Å². The molecule has 5 rings (SSSR count). The fourth-order valence-electron chi connectivity index (χ4n) is 4.35. The van der Waals surface area contributed by atoms with Crippen LogP contribution in [0.5, 0.6) is 11.5 Å². The standard InChI is InChI=1S/C28H26ClNO3/c1-17(2)21-8-4-19(5-9-21)13-25-27(31)26-18(3)12-24-23(28(26)33-25)15-30(16-32-24)14-20-6-10-22(29)11-7-20/h4-13,17H,14-16H2,1-3H3/b25-13-. The summed E-state index contributed by atoms with van der Waals surface area (Å²) < 4.78 is 12.2. The molecule has 3 aromatic carbocycles. The highest BCUT2D eigenvalue weighted by atomic mass is 35.5. The van der Waals surface area contributed by atoms with Crippen molar-refractivity contribution in [3.8, 4) is 11.5 Å². The number of halogens is 1. The Morgan fingerprint density at radius 2 is 1.82 bits per heavy atom. The van der Waals surface area contributed by atoms with E-state index in [9.17, 15) is 4.79 Å². The van der Waals surface area contributed by atoms with Gasteiger partial charge in [-0.15, -0.1) is 0 Å². The lowest BCUT2D eigenvalue weighted by atomic mass is 9.98. The molecule has 0 atom stereocenters. The summed E-state index contributed by atoms with van der Waals surface area (Å²) in [4.78, 5) is 15.4. The van der Waals surface area contributed by atoms with Crippen LogP contribution in [0.25, 0.3) is 6.08 Å². The van der Waals surface area contributed by atoms with Gasteiger partial charge >= 0.3 is 0 Å². The number of allylic oxidation sites excluding steroid dienone is 1. The van der Waals surface area contributed by atoms with E-state index in [1.54, 1.807) is 0 Å². The summed E-state index contributed by atoms with van der Waals surface area (Å²) in [7, 11) is 0. The summed E-state index contributed by atoms with van der Waals surface area (Å²) in [6.07, 6.45) is 1.83. The van der Waals surface area contributed by atoms with E-state index in [2.05, 4.69) is 30.9 Å². The van der Waals surface area contributed by atoms with Gasteiger partial charge in [0.1, 0.15) is 18.2 Å². The van der Waals surface area contributed by atoms with Crippen LogP contribution < -0.4 is 9.47 Å². The van der Waals surface area contributed by atoms with Crippen LogP contribution >= 0.6 is 11.6 Å². The van der Waals surface area contributed by atoms with Gasteiger partial charge in [0.25, 0.3) is 0 Å². The first-order chi connectivity index (χ1) is 15.9. The minimum atomic E-state index is -0.0759. The Kier molecular flexibility index (Phi) is 5.73. The molecule has 2 aliphatic heterocycles. The first-order valence-corrected chi connectivity index (χ1v) is 11.6. The average Bonchev–Trinajstić information content (AvgIpc) is 3.13. The molecule has 0 aliphatic carbocycles. The van der Waals surface area contributed by atoms with E-state index in [0.29, 0.717) is 36.3 Å². The number of fused-ring (bicyclic) bond motifs is 3. The lowest BCUT2D eigenvalue weighted by Crippen LogP contribution is -2.31. The second-order valence-corrected chi connectivity index (χ2v) is 9.46. The summed E-state index contributed by atoms with van der Waals surface area (Å²) >= 11 is 6.01. The number of ketones is 1. The summed E-state index contributed by atoms with van der Waals surface area (Å²) in [5, 5.41) is 0.720. The molecule has 3 aromatic rings. The summed E-state index contributed by atoms with van der Waals surface area (Å²) in [5.74, 6) is 2.15. The van der Waals surface area contributed by atoms with Crippen LogP contribution in [0.1, 0.15) is 57.9 Å². The molecule has 0 unspecified atom stereocenters. The van der Waals surface area contributed by atoms with Gasteiger partial charge in [-0.3, -0.25) is 9.69 Å². The zero-order valence-corrected chi connectivity index (χ0v) is 19.8. The molecule has 0 aromatic heterocycles. The Labute approximate surface area is 199 Å². The minimum Gasteiger partial charge on any atom is -0.478 e. The molecule has 0 saturated carbocycles. The van der Waals surface area contributed by atoms with Crippen molar-refractivity contribution in [2.75, 3.05) is 6.73 Å². The van der Waals surface area contributed by atoms with Gasteiger partial charge in [-0.1, -0.05) is 61.8 Å². The average molecular weight is 460 g/mol. The number of ether oxygens (including phenoxy) is 2. The maximum Gasteiger partial charge on any atom is 0.232 e. The number of hydrogen-bond acceptors (Lipinski definition) is 4. The molecule has 0 spiro atoms. The van der Waals surface area contributed by atoms with Crippen molar-refractivity contribution in [3.05, 3.63) is 98.8 Å². The van der Waals surface area contributed by atoms with Crippen LogP contribution in [0.4, 0.5) is 0 Å². The number of benzene rings is 3. The number of carbonyl (C=O) groups excluding carboxylic acids is 1. The third kappa shape index (κ3) is 4.29. The fraction of sp³-hybridized carbons (Fsp3) is 0.250. The zero-order valence-electron chi connectivity index (χ0n) is 19.0. The van der Waals surface area contributed by atoms with E-state index in [1.165, 1.54) is 5.56 Å². The molecule has 0 saturated heterocycles. The van der Waals surface area contributed by atoms with Crippen molar-refractivity contribution in [2.45, 2.75) is 39.8 Å². The number of aryl methyl sites for hydroxylation is 1. The second-order valence-electron chi connectivity index (χ2n) is 9.02. The maximum absolute atomic E-state index is 13.2. The summed E-state index contributed by atoms with van der Waals surface area (Å²) in [6, 6.07) is 18.0. The van der Waals surface area contributed by atoms with Crippen LogP contribution in [0.15, 0.2) is 60.4 Å². The number of carbonyl (C=O) groups is 1. The molecule has 4 nitrogen and oxygen atoms in total. The molecular weight excluding hydrogens is 434 g/mol. The smallest absolute Gasteiger partial charge is 0.232 e. The Bertz CT molecular complexity index is 1240. The highest BCUT2D eigenvalue weighted by Gasteiger charge is 2.35. The predicted molar refractivity (Wildman–Crippen MR) is 131 cm³/mol.